The molecular weight excluding hydrogens is 236 g/mol. The van der Waals surface area contributed by atoms with Crippen molar-refractivity contribution in [1.82, 2.24) is 4.98 Å². The van der Waals surface area contributed by atoms with E-state index in [1.807, 2.05) is 19.9 Å². The molecule has 0 amide bonds. The van der Waals surface area contributed by atoms with Crippen LogP contribution < -0.4 is 5.32 Å². The summed E-state index contributed by atoms with van der Waals surface area (Å²) in [5, 5.41) is 22.4. The average Bonchev–Trinajstić information content (AvgIpc) is 2.36. The molecule has 18 heavy (non-hydrogen) atoms. The Kier molecular flexibility index (Phi) is 4.18. The fourth-order valence-electron chi connectivity index (χ4n) is 1.16. The van der Waals surface area contributed by atoms with Crippen LogP contribution in [0.15, 0.2) is 12.3 Å². The monoisotopic (exact) mass is 250 g/mol. The molecule has 0 aliphatic carbocycles. The number of nitrogens with one attached hydrogen (secondary N) is 1. The Morgan fingerprint density at radius 3 is 2.83 bits per heavy atom. The lowest BCUT2D eigenvalue weighted by Gasteiger charge is -2.23. The molecule has 1 rings (SSSR count). The van der Waals surface area contributed by atoms with E-state index in [4.69, 9.17) is 10.00 Å². The number of nitriles is 1. The van der Waals surface area contributed by atoms with Crippen molar-refractivity contribution in [3.8, 4) is 6.07 Å². The zero-order valence-electron chi connectivity index (χ0n) is 10.4. The minimum absolute atomic E-state index is 0.129. The highest BCUT2D eigenvalue weighted by Crippen LogP contribution is 2.23. The van der Waals surface area contributed by atoms with Crippen LogP contribution >= 0.6 is 0 Å². The summed E-state index contributed by atoms with van der Waals surface area (Å²) in [4.78, 5) is 14.2. The Bertz CT molecular complexity index is 494. The van der Waals surface area contributed by atoms with Gasteiger partial charge in [0.15, 0.2) is 0 Å². The van der Waals surface area contributed by atoms with Crippen LogP contribution in [0.3, 0.4) is 0 Å². The van der Waals surface area contributed by atoms with E-state index >= 15 is 0 Å². The molecule has 7 heteroatoms. The highest BCUT2D eigenvalue weighted by atomic mass is 16.6. The summed E-state index contributed by atoms with van der Waals surface area (Å²) in [6, 6.07) is 3.00. The van der Waals surface area contributed by atoms with Crippen LogP contribution in [0.1, 0.15) is 19.4 Å². The Morgan fingerprint density at radius 2 is 2.33 bits per heavy atom. The molecule has 0 fully saturated rings. The second kappa shape index (κ2) is 5.42. The number of ether oxygens (including phenoxy) is 1. The molecule has 0 aromatic carbocycles. The molecule has 96 valence electrons. The first-order valence-corrected chi connectivity index (χ1v) is 5.23. The second-order valence-electron chi connectivity index (χ2n) is 4.28. The minimum atomic E-state index is -0.573. The van der Waals surface area contributed by atoms with E-state index in [9.17, 15) is 10.1 Å². The van der Waals surface area contributed by atoms with Gasteiger partial charge in [0.25, 0.3) is 0 Å². The van der Waals surface area contributed by atoms with Gasteiger partial charge in [-0.1, -0.05) is 0 Å². The molecule has 1 aromatic rings. The van der Waals surface area contributed by atoms with Crippen LogP contribution in [0.2, 0.25) is 0 Å². The summed E-state index contributed by atoms with van der Waals surface area (Å²) >= 11 is 0. The van der Waals surface area contributed by atoms with Crippen molar-refractivity contribution in [3.05, 3.63) is 27.9 Å². The molecule has 0 saturated heterocycles. The summed E-state index contributed by atoms with van der Waals surface area (Å²) in [7, 11) is 1.56. The van der Waals surface area contributed by atoms with Gasteiger partial charge in [-0.05, 0) is 13.8 Å². The molecule has 0 atom stereocenters. The molecule has 0 saturated carbocycles. The van der Waals surface area contributed by atoms with Gasteiger partial charge in [-0.15, -0.1) is 0 Å². The summed E-state index contributed by atoms with van der Waals surface area (Å²) in [6.45, 7) is 4.05. The largest absolute Gasteiger partial charge is 0.377 e. The van der Waals surface area contributed by atoms with E-state index in [0.717, 1.165) is 0 Å². The number of nitrogens with zero attached hydrogens (tertiary/aromatic N) is 3. The van der Waals surface area contributed by atoms with Gasteiger partial charge in [-0.2, -0.15) is 5.26 Å². The first kappa shape index (κ1) is 13.9. The highest BCUT2D eigenvalue weighted by molar-refractivity contribution is 5.58. The molecule has 0 bridgehead atoms. The van der Waals surface area contributed by atoms with E-state index in [0.29, 0.717) is 6.54 Å². The normalized spacial score (nSPS) is 10.8. The maximum Gasteiger partial charge on any atom is 0.312 e. The van der Waals surface area contributed by atoms with Gasteiger partial charge >= 0.3 is 5.69 Å². The van der Waals surface area contributed by atoms with Crippen LogP contribution in [-0.2, 0) is 4.74 Å². The molecule has 1 heterocycles. The number of rotatable bonds is 5. The van der Waals surface area contributed by atoms with Gasteiger partial charge in [0.1, 0.15) is 6.07 Å². The van der Waals surface area contributed by atoms with E-state index in [1.165, 1.54) is 12.3 Å². The molecule has 0 unspecified atom stereocenters. The van der Waals surface area contributed by atoms with Crippen molar-refractivity contribution < 1.29 is 9.66 Å². The smallest absolute Gasteiger partial charge is 0.312 e. The number of hydrogen-bond donors (Lipinski definition) is 1. The zero-order valence-corrected chi connectivity index (χ0v) is 10.4. The summed E-state index contributed by atoms with van der Waals surface area (Å²) in [5.74, 6) is 0.129. The van der Waals surface area contributed by atoms with Gasteiger partial charge < -0.3 is 10.1 Å². The van der Waals surface area contributed by atoms with Crippen molar-refractivity contribution in [2.75, 3.05) is 19.0 Å². The molecule has 0 radical (unpaired) electrons. The Labute approximate surface area is 105 Å². The molecule has 1 aromatic heterocycles. The van der Waals surface area contributed by atoms with E-state index in [1.54, 1.807) is 7.11 Å². The van der Waals surface area contributed by atoms with Gasteiger partial charge in [0, 0.05) is 25.9 Å². The van der Waals surface area contributed by atoms with E-state index < -0.39 is 10.5 Å². The summed E-state index contributed by atoms with van der Waals surface area (Å²) < 4.78 is 5.19. The molecular formula is C11H14N4O3. The average molecular weight is 250 g/mol. The summed E-state index contributed by atoms with van der Waals surface area (Å²) in [5.41, 5.74) is -0.539. The number of hydrogen-bond acceptors (Lipinski definition) is 6. The topological polar surface area (TPSA) is 101 Å². The molecule has 1 N–H and O–H groups in total. The number of anilines is 1. The van der Waals surface area contributed by atoms with Crippen LogP contribution in [0.4, 0.5) is 11.5 Å². The fraction of sp³-hybridized carbons (Fsp3) is 0.455. The molecule has 0 aliphatic rings. The number of nitro groups is 1. The Hall–Kier alpha value is -2.20. The molecule has 7 nitrogen and oxygen atoms in total. The highest BCUT2D eigenvalue weighted by Gasteiger charge is 2.21. The predicted octanol–water partition coefficient (Wildman–Crippen LogP) is 1.70. The predicted molar refractivity (Wildman–Crippen MR) is 65.2 cm³/mol. The maximum absolute atomic E-state index is 10.9. The third kappa shape index (κ3) is 3.40. The van der Waals surface area contributed by atoms with Crippen molar-refractivity contribution in [1.29, 1.82) is 5.26 Å². The van der Waals surface area contributed by atoms with Gasteiger partial charge in [0.2, 0.25) is 5.82 Å². The Balaban J connectivity index is 2.96. The first-order chi connectivity index (χ1) is 8.39. The molecule has 0 spiro atoms. The number of pyridine rings is 1. The number of aromatic nitrogens is 1. The van der Waals surface area contributed by atoms with Gasteiger partial charge in [-0.25, -0.2) is 4.98 Å². The maximum atomic E-state index is 10.9. The lowest BCUT2D eigenvalue weighted by atomic mass is 10.1. The van der Waals surface area contributed by atoms with Gasteiger partial charge in [0.05, 0.1) is 16.1 Å². The van der Waals surface area contributed by atoms with Crippen molar-refractivity contribution in [2.45, 2.75) is 19.4 Å². The standard InChI is InChI=1S/C11H14N4O3/c1-11(2,18-3)7-14-10-9(15(16)17)4-8(5-12)6-13-10/h4,6H,7H2,1-3H3,(H,13,14). The zero-order chi connectivity index (χ0) is 13.8. The third-order valence-corrected chi connectivity index (χ3v) is 2.43. The Morgan fingerprint density at radius 1 is 1.67 bits per heavy atom. The molecule has 0 aliphatic heterocycles. The van der Waals surface area contributed by atoms with Gasteiger partial charge in [-0.3, -0.25) is 10.1 Å². The van der Waals surface area contributed by atoms with E-state index in [-0.39, 0.29) is 17.1 Å². The second-order valence-corrected chi connectivity index (χ2v) is 4.28. The van der Waals surface area contributed by atoms with Crippen molar-refractivity contribution in [3.63, 3.8) is 0 Å². The summed E-state index contributed by atoms with van der Waals surface area (Å²) in [6.07, 6.45) is 1.29. The lowest BCUT2D eigenvalue weighted by molar-refractivity contribution is -0.384. The quantitative estimate of drug-likeness (QED) is 0.630. The van der Waals surface area contributed by atoms with Crippen LogP contribution in [0.5, 0.6) is 0 Å². The van der Waals surface area contributed by atoms with Crippen LogP contribution in [0, 0.1) is 21.4 Å². The van der Waals surface area contributed by atoms with Crippen molar-refractivity contribution in [2.24, 2.45) is 0 Å². The van der Waals surface area contributed by atoms with Crippen LogP contribution in [0.25, 0.3) is 0 Å². The third-order valence-electron chi connectivity index (χ3n) is 2.43. The lowest BCUT2D eigenvalue weighted by Crippen LogP contribution is -2.32. The minimum Gasteiger partial charge on any atom is -0.377 e. The van der Waals surface area contributed by atoms with Crippen LogP contribution in [-0.4, -0.2) is 29.2 Å². The van der Waals surface area contributed by atoms with E-state index in [2.05, 4.69) is 10.3 Å². The van der Waals surface area contributed by atoms with Crippen molar-refractivity contribution >= 4 is 11.5 Å². The SMILES string of the molecule is COC(C)(C)CNc1ncc(C#N)cc1[N+](=O)[O-]. The number of methoxy groups -OCH3 is 1. The fourth-order valence-corrected chi connectivity index (χ4v) is 1.16. The first-order valence-electron chi connectivity index (χ1n) is 5.23.